The molecule has 7 atom stereocenters. The number of methoxy groups -OCH3 is 2. The second kappa shape index (κ2) is 12.9. The van der Waals surface area contributed by atoms with E-state index in [4.69, 9.17) is 19.5 Å². The van der Waals surface area contributed by atoms with E-state index in [0.29, 0.717) is 12.0 Å². The average Bonchev–Trinajstić information content (AvgIpc) is 3.91. The van der Waals surface area contributed by atoms with Crippen LogP contribution in [0.2, 0.25) is 0 Å². The summed E-state index contributed by atoms with van der Waals surface area (Å²) >= 11 is 0. The number of alkyl carbamates (subject to hydrolysis) is 1. The second-order valence-corrected chi connectivity index (χ2v) is 13.0. The zero-order chi connectivity index (χ0) is 31.8. The molecule has 3 unspecified atom stereocenters. The van der Waals surface area contributed by atoms with E-state index >= 15 is 0 Å². The predicted octanol–water partition coefficient (Wildman–Crippen LogP) is 3.05. The van der Waals surface area contributed by atoms with Crippen molar-refractivity contribution in [3.63, 3.8) is 0 Å². The van der Waals surface area contributed by atoms with Crippen LogP contribution in [0.25, 0.3) is 23.4 Å². The number of carbonyl (C=O) groups excluding carboxylic acids is 1. The van der Waals surface area contributed by atoms with Gasteiger partial charge in [-0.25, -0.2) is 9.78 Å². The molecule has 0 bridgehead atoms. The lowest BCUT2D eigenvalue weighted by Crippen LogP contribution is -2.48. The summed E-state index contributed by atoms with van der Waals surface area (Å²) < 4.78 is 10.4. The lowest BCUT2D eigenvalue weighted by molar-refractivity contribution is 0.0781. The number of hydrogen-bond donors (Lipinski definition) is 4. The number of carbonyl (C=O) groups is 1. The largest absolute Gasteiger partial charge is 0.453 e. The second-order valence-electron chi connectivity index (χ2n) is 13.0. The van der Waals surface area contributed by atoms with Crippen LogP contribution >= 0.6 is 0 Å². The highest BCUT2D eigenvalue weighted by molar-refractivity contribution is 5.90. The van der Waals surface area contributed by atoms with Crippen LogP contribution in [0.1, 0.15) is 50.9 Å². The van der Waals surface area contributed by atoms with Gasteiger partial charge in [-0.3, -0.25) is 4.99 Å². The van der Waals surface area contributed by atoms with Crippen LogP contribution in [-0.4, -0.2) is 84.4 Å². The smallest absolute Gasteiger partial charge is 0.407 e. The van der Waals surface area contributed by atoms with Crippen molar-refractivity contribution in [3.8, 4) is 11.3 Å². The van der Waals surface area contributed by atoms with E-state index in [2.05, 4.69) is 81.0 Å². The minimum Gasteiger partial charge on any atom is -0.453 e. The number of ether oxygens (including phenoxy) is 2. The molecule has 2 aromatic rings. The first-order valence-electron chi connectivity index (χ1n) is 16.6. The van der Waals surface area contributed by atoms with Crippen molar-refractivity contribution in [2.75, 3.05) is 27.3 Å². The average molecular weight is 624 g/mol. The van der Waals surface area contributed by atoms with Crippen molar-refractivity contribution >= 4 is 24.1 Å². The van der Waals surface area contributed by atoms with Gasteiger partial charge in [0.2, 0.25) is 0 Å². The molecule has 46 heavy (non-hydrogen) atoms. The molecule has 1 amide bonds. The fourth-order valence-corrected chi connectivity index (χ4v) is 7.53. The number of amidine groups is 1. The van der Waals surface area contributed by atoms with Gasteiger partial charge in [-0.2, -0.15) is 0 Å². The zero-order valence-electron chi connectivity index (χ0n) is 27.0. The third-order valence-electron chi connectivity index (χ3n) is 10.2. The molecule has 0 radical (unpaired) electrons. The molecule has 0 saturated carbocycles. The van der Waals surface area contributed by atoms with Crippen molar-refractivity contribution in [1.82, 2.24) is 30.8 Å². The molecule has 10 heteroatoms. The summed E-state index contributed by atoms with van der Waals surface area (Å²) in [6, 6.07) is 7.10. The number of aromatic amines is 1. The Morgan fingerprint density at radius 2 is 2.07 bits per heavy atom. The Morgan fingerprint density at radius 3 is 2.87 bits per heavy atom. The third-order valence-corrected chi connectivity index (χ3v) is 10.2. The first kappa shape index (κ1) is 30.5. The van der Waals surface area contributed by atoms with Crippen LogP contribution in [0, 0.1) is 5.92 Å². The van der Waals surface area contributed by atoms with E-state index in [1.54, 1.807) is 7.11 Å². The molecule has 1 aromatic heterocycles. The maximum Gasteiger partial charge on any atom is 0.407 e. The number of aromatic nitrogens is 2. The minimum atomic E-state index is -0.509. The molecule has 5 aliphatic rings. The van der Waals surface area contributed by atoms with Crippen molar-refractivity contribution in [2.45, 2.75) is 75.3 Å². The van der Waals surface area contributed by atoms with Gasteiger partial charge in [0.25, 0.3) is 0 Å². The number of H-pyrrole nitrogens is 1. The van der Waals surface area contributed by atoms with Gasteiger partial charge in [0.1, 0.15) is 11.7 Å². The number of aliphatic imine (C=N–C) groups is 1. The summed E-state index contributed by atoms with van der Waals surface area (Å²) in [4.78, 5) is 27.7. The van der Waals surface area contributed by atoms with Gasteiger partial charge in [0.05, 0.1) is 55.3 Å². The topological polar surface area (TPSA) is 116 Å². The number of likely N-dealkylation sites (tertiary alicyclic amines) is 1. The molecular formula is C36H45N7O3. The molecule has 0 spiro atoms. The number of amides is 1. The summed E-state index contributed by atoms with van der Waals surface area (Å²) in [5.74, 6) is 2.37. The van der Waals surface area contributed by atoms with E-state index in [1.165, 1.54) is 29.5 Å². The highest BCUT2D eigenvalue weighted by Crippen LogP contribution is 2.35. The summed E-state index contributed by atoms with van der Waals surface area (Å²) in [6.07, 6.45) is 18.2. The number of benzene rings is 1. The van der Waals surface area contributed by atoms with Crippen LogP contribution < -0.4 is 26.4 Å². The highest BCUT2D eigenvalue weighted by Gasteiger charge is 2.35. The van der Waals surface area contributed by atoms with E-state index < -0.39 is 12.1 Å². The first-order valence-corrected chi connectivity index (χ1v) is 16.6. The Labute approximate surface area is 270 Å². The van der Waals surface area contributed by atoms with Gasteiger partial charge in [0.15, 0.2) is 0 Å². The fourth-order valence-electron chi connectivity index (χ4n) is 7.53. The summed E-state index contributed by atoms with van der Waals surface area (Å²) in [5.41, 5.74) is 4.25. The van der Waals surface area contributed by atoms with E-state index in [0.717, 1.165) is 67.4 Å². The number of nitrogens with one attached hydrogen (secondary N) is 4. The number of fused-ring (bicyclic) bond motifs is 2. The summed E-state index contributed by atoms with van der Waals surface area (Å²) in [5, 5.41) is 12.7. The van der Waals surface area contributed by atoms with Gasteiger partial charge >= 0.3 is 6.09 Å². The van der Waals surface area contributed by atoms with Gasteiger partial charge in [-0.05, 0) is 67.6 Å². The van der Waals surface area contributed by atoms with Crippen LogP contribution in [-0.2, 0) is 9.47 Å². The molecule has 1 aromatic carbocycles. The van der Waals surface area contributed by atoms with Crippen LogP contribution in [0.15, 0.2) is 65.5 Å². The standard InChI is InChI=1S/C36H45N7O3/c1-21(33(22(2)45-3)42-36(44)46-4)43-16-6-8-32(43)35-38-20-31(41-35)27-12-11-23-17-24(9-10-25(23)18-27)26-13-14-28-30(19-26)40-34(39-28)29-7-5-15-37-29/h10-14,17-20,22,24,28-30,32-33,37H,1,5-9,15-16H2,2-4H3,(H,38,41)(H,39,40)(H,42,44)/t22-,24?,28?,29+,30?,32+,33-/m1/s1. The van der Waals surface area contributed by atoms with E-state index in [-0.39, 0.29) is 24.2 Å². The summed E-state index contributed by atoms with van der Waals surface area (Å²) in [7, 11) is 2.99. The van der Waals surface area contributed by atoms with Gasteiger partial charge in [-0.15, -0.1) is 0 Å². The number of hydrogen-bond acceptors (Lipinski definition) is 8. The molecular weight excluding hydrogens is 578 g/mol. The van der Waals surface area contributed by atoms with Crippen molar-refractivity contribution in [2.24, 2.45) is 10.9 Å². The quantitative estimate of drug-likeness (QED) is 0.340. The fraction of sp³-hybridized carbons (Fsp3) is 0.472. The molecule has 2 aliphatic carbocycles. The highest BCUT2D eigenvalue weighted by atomic mass is 16.5. The SMILES string of the molecule is C=C([C@@H](NC(=O)OC)[C@@H](C)OC)N1CCC[C@H]1c1ncc(-c2ccc3c(c2)=CCC(C2=CC4NC([C@@H]5CCCN5)=NC4C=C2)C=3)[nH]1. The molecule has 10 nitrogen and oxygen atoms in total. The predicted molar refractivity (Wildman–Crippen MR) is 180 cm³/mol. The maximum atomic E-state index is 12.1. The number of allylic oxidation sites excluding steroid dienone is 2. The Kier molecular flexibility index (Phi) is 8.57. The van der Waals surface area contributed by atoms with Crippen LogP contribution in [0.5, 0.6) is 0 Å². The molecule has 2 saturated heterocycles. The number of nitrogens with zero attached hydrogens (tertiary/aromatic N) is 3. The molecule has 4 heterocycles. The molecule has 4 N–H and O–H groups in total. The van der Waals surface area contributed by atoms with Crippen molar-refractivity contribution in [3.05, 3.63) is 76.7 Å². The van der Waals surface area contributed by atoms with E-state index in [1.807, 2.05) is 13.1 Å². The minimum absolute atomic E-state index is 0.0345. The Balaban J connectivity index is 1.05. The lowest BCUT2D eigenvalue weighted by Gasteiger charge is -2.34. The Hall–Kier alpha value is -4.15. The lowest BCUT2D eigenvalue weighted by atomic mass is 9.85. The third kappa shape index (κ3) is 5.91. The summed E-state index contributed by atoms with van der Waals surface area (Å²) in [6.45, 7) is 8.19. The van der Waals surface area contributed by atoms with E-state index in [9.17, 15) is 4.79 Å². The molecule has 242 valence electrons. The first-order chi connectivity index (χ1) is 22.4. The zero-order valence-corrected chi connectivity index (χ0v) is 27.0. The normalized spacial score (nSPS) is 27.7. The van der Waals surface area contributed by atoms with Gasteiger partial charge < -0.3 is 35.3 Å². The molecule has 2 fully saturated rings. The van der Waals surface area contributed by atoms with Crippen molar-refractivity contribution < 1.29 is 14.3 Å². The van der Waals surface area contributed by atoms with Crippen molar-refractivity contribution in [1.29, 1.82) is 0 Å². The Bertz CT molecular complexity index is 1700. The van der Waals surface area contributed by atoms with Gasteiger partial charge in [-0.1, -0.05) is 49.1 Å². The van der Waals surface area contributed by atoms with Crippen LogP contribution in [0.3, 0.4) is 0 Å². The molecule has 7 rings (SSSR count). The monoisotopic (exact) mass is 623 g/mol. The molecule has 3 aliphatic heterocycles. The maximum absolute atomic E-state index is 12.1. The number of rotatable bonds is 9. The Morgan fingerprint density at radius 1 is 1.17 bits per heavy atom. The number of imidazole rings is 1. The van der Waals surface area contributed by atoms with Crippen LogP contribution in [0.4, 0.5) is 4.79 Å². The van der Waals surface area contributed by atoms with Gasteiger partial charge in [0, 0.05) is 30.8 Å².